The minimum atomic E-state index is 0.465. The fourth-order valence-electron chi connectivity index (χ4n) is 0.807. The lowest BCUT2D eigenvalue weighted by atomic mass is 10.1. The molecule has 0 aliphatic heterocycles. The van der Waals surface area contributed by atoms with Gasteiger partial charge in [-0.25, -0.2) is 0 Å². The molecule has 0 aromatic carbocycles. The van der Waals surface area contributed by atoms with E-state index < -0.39 is 0 Å². The van der Waals surface area contributed by atoms with E-state index in [1.807, 2.05) is 0 Å². The third-order valence-electron chi connectivity index (χ3n) is 1.49. The molecule has 0 saturated carbocycles. The summed E-state index contributed by atoms with van der Waals surface area (Å²) >= 11 is 0. The molecule has 0 fully saturated rings. The van der Waals surface area contributed by atoms with Crippen LogP contribution in [0.15, 0.2) is 16.8 Å². The summed E-state index contributed by atoms with van der Waals surface area (Å²) in [6, 6.07) is 0. The fourth-order valence-corrected chi connectivity index (χ4v) is 1.28. The Kier molecular flexibility index (Phi) is 9.85. The van der Waals surface area contributed by atoms with Gasteiger partial charge in [0.05, 0.1) is 6.61 Å². The molecule has 2 atom stereocenters. The summed E-state index contributed by atoms with van der Waals surface area (Å²) in [4.78, 5) is 2.69. The third kappa shape index (κ3) is 9.79. The van der Waals surface area contributed by atoms with Gasteiger partial charge in [-0.05, 0) is 25.3 Å². The number of rotatable bonds is 7. The van der Waals surface area contributed by atoms with Crippen molar-refractivity contribution in [3.8, 4) is 0 Å². The zero-order valence-corrected chi connectivity index (χ0v) is 9.89. The molecule has 2 unspecified atom stereocenters. The smallest absolute Gasteiger partial charge is 0.0693 e. The Bertz CT molecular complexity index is 202. The first-order valence-electron chi connectivity index (χ1n) is 4.05. The molecule has 0 bridgehead atoms. The molecule has 13 heavy (non-hydrogen) atoms. The molecule has 0 aliphatic rings. The van der Waals surface area contributed by atoms with E-state index in [0.717, 1.165) is 12.8 Å². The molecular formula is C7H15N3OP2. The molecule has 0 aromatic heterocycles. The van der Waals surface area contributed by atoms with E-state index in [1.165, 1.54) is 5.57 Å². The number of allylic oxidation sites excluding steroid dienone is 1. The van der Waals surface area contributed by atoms with Gasteiger partial charge in [0.25, 0.3) is 0 Å². The standard InChI is InChI=1S/C7H15N3OP2/c1-7(4-6-11-13-12)3-2-5-9-10-8/h4,13H,2-3,5-6,12H2,1H3/b7-4+. The van der Waals surface area contributed by atoms with E-state index in [0.29, 0.717) is 21.6 Å². The first-order valence-corrected chi connectivity index (χ1v) is 6.77. The van der Waals surface area contributed by atoms with Crippen LogP contribution in [0.4, 0.5) is 0 Å². The van der Waals surface area contributed by atoms with Gasteiger partial charge in [0, 0.05) is 20.0 Å². The van der Waals surface area contributed by atoms with Gasteiger partial charge in [0.15, 0.2) is 0 Å². The number of azide groups is 1. The van der Waals surface area contributed by atoms with E-state index in [-0.39, 0.29) is 0 Å². The first kappa shape index (κ1) is 12.9. The highest BCUT2D eigenvalue weighted by Crippen LogP contribution is 2.20. The van der Waals surface area contributed by atoms with Crippen LogP contribution in [0.1, 0.15) is 19.8 Å². The Balaban J connectivity index is 3.42. The molecule has 0 aromatic rings. The van der Waals surface area contributed by atoms with E-state index >= 15 is 0 Å². The van der Waals surface area contributed by atoms with E-state index in [9.17, 15) is 0 Å². The van der Waals surface area contributed by atoms with Gasteiger partial charge < -0.3 is 4.52 Å². The van der Waals surface area contributed by atoms with Crippen molar-refractivity contribution < 1.29 is 4.52 Å². The lowest BCUT2D eigenvalue weighted by molar-refractivity contribution is 0.422. The van der Waals surface area contributed by atoms with Crippen LogP contribution in [-0.2, 0) is 4.52 Å². The van der Waals surface area contributed by atoms with Crippen molar-refractivity contribution in [3.05, 3.63) is 22.1 Å². The molecule has 4 nitrogen and oxygen atoms in total. The van der Waals surface area contributed by atoms with Crippen molar-refractivity contribution >= 4 is 17.4 Å². The van der Waals surface area contributed by atoms with Crippen molar-refractivity contribution in [2.75, 3.05) is 13.2 Å². The molecule has 0 heterocycles. The summed E-state index contributed by atoms with van der Waals surface area (Å²) in [7, 11) is 3.00. The average molecular weight is 219 g/mol. The van der Waals surface area contributed by atoms with Crippen LogP contribution in [0.5, 0.6) is 0 Å². The SMILES string of the molecule is C/C(=C\COPP)CCCN=[N+]=[N-]. The van der Waals surface area contributed by atoms with Gasteiger partial charge in [-0.1, -0.05) is 25.7 Å². The zero-order valence-electron chi connectivity index (χ0n) is 7.73. The lowest BCUT2D eigenvalue weighted by Crippen LogP contribution is -1.85. The summed E-state index contributed by atoms with van der Waals surface area (Å²) in [6.07, 6.45) is 3.95. The predicted octanol–water partition coefficient (Wildman–Crippen LogP) is 3.42. The summed E-state index contributed by atoms with van der Waals surface area (Å²) < 4.78 is 5.16. The molecule has 6 heteroatoms. The fraction of sp³-hybridized carbons (Fsp3) is 0.714. The highest BCUT2D eigenvalue weighted by molar-refractivity contribution is 8.00. The summed E-state index contributed by atoms with van der Waals surface area (Å²) in [5, 5.41) is 3.46. The summed E-state index contributed by atoms with van der Waals surface area (Å²) in [5.41, 5.74) is 9.32. The number of hydrogen-bond donors (Lipinski definition) is 0. The lowest BCUT2D eigenvalue weighted by Gasteiger charge is -1.99. The quantitative estimate of drug-likeness (QED) is 0.161. The monoisotopic (exact) mass is 219 g/mol. The summed E-state index contributed by atoms with van der Waals surface area (Å²) in [6.45, 7) is 3.31. The van der Waals surface area contributed by atoms with Crippen molar-refractivity contribution in [1.82, 2.24) is 0 Å². The first-order chi connectivity index (χ1) is 6.31. The van der Waals surface area contributed by atoms with Crippen LogP contribution in [0.25, 0.3) is 10.4 Å². The van der Waals surface area contributed by atoms with Crippen molar-refractivity contribution in [2.45, 2.75) is 19.8 Å². The Morgan fingerprint density at radius 1 is 1.77 bits per heavy atom. The normalized spacial score (nSPS) is 12.0. The van der Waals surface area contributed by atoms with Crippen LogP contribution in [-0.4, -0.2) is 13.2 Å². The topological polar surface area (TPSA) is 58.0 Å². The predicted molar refractivity (Wildman–Crippen MR) is 61.0 cm³/mol. The van der Waals surface area contributed by atoms with Gasteiger partial charge in [-0.15, -0.1) is 0 Å². The molecule has 0 aliphatic carbocycles. The van der Waals surface area contributed by atoms with Gasteiger partial charge in [0.2, 0.25) is 0 Å². The molecule has 0 rings (SSSR count). The highest BCUT2D eigenvalue weighted by Gasteiger charge is 1.89. The number of nitrogens with zero attached hydrogens (tertiary/aromatic N) is 3. The van der Waals surface area contributed by atoms with E-state index in [4.69, 9.17) is 10.1 Å². The molecule has 0 amide bonds. The van der Waals surface area contributed by atoms with Crippen LogP contribution in [0, 0.1) is 0 Å². The maximum absolute atomic E-state index is 8.03. The maximum Gasteiger partial charge on any atom is 0.0693 e. The molecule has 0 saturated heterocycles. The second-order valence-corrected chi connectivity index (χ2v) is 3.77. The second-order valence-electron chi connectivity index (χ2n) is 2.54. The molecule has 74 valence electrons. The minimum Gasteiger partial charge on any atom is -0.354 e. The third-order valence-corrected chi connectivity index (χ3v) is 2.32. The van der Waals surface area contributed by atoms with E-state index in [2.05, 4.69) is 32.0 Å². The second kappa shape index (κ2) is 9.95. The molecular weight excluding hydrogens is 204 g/mol. The van der Waals surface area contributed by atoms with Crippen molar-refractivity contribution in [3.63, 3.8) is 0 Å². The highest BCUT2D eigenvalue weighted by atomic mass is 32.0. The van der Waals surface area contributed by atoms with Gasteiger partial charge in [-0.2, -0.15) is 0 Å². The number of hydrogen-bond acceptors (Lipinski definition) is 2. The zero-order chi connectivity index (χ0) is 9.94. The Hall–Kier alpha value is -0.130. The van der Waals surface area contributed by atoms with Gasteiger partial charge in [-0.3, -0.25) is 0 Å². The largest absolute Gasteiger partial charge is 0.354 e. The van der Waals surface area contributed by atoms with Crippen molar-refractivity contribution in [1.29, 1.82) is 0 Å². The Labute approximate surface area is 82.7 Å². The van der Waals surface area contributed by atoms with Crippen LogP contribution >= 0.6 is 17.4 Å². The summed E-state index contributed by atoms with van der Waals surface area (Å²) in [5.74, 6) is 0. The van der Waals surface area contributed by atoms with Gasteiger partial charge in [0.1, 0.15) is 0 Å². The molecule has 0 radical (unpaired) electrons. The van der Waals surface area contributed by atoms with Gasteiger partial charge >= 0.3 is 0 Å². The van der Waals surface area contributed by atoms with Crippen LogP contribution in [0.3, 0.4) is 0 Å². The van der Waals surface area contributed by atoms with Crippen LogP contribution < -0.4 is 0 Å². The van der Waals surface area contributed by atoms with Crippen molar-refractivity contribution in [2.24, 2.45) is 5.11 Å². The minimum absolute atomic E-state index is 0.465. The molecule has 0 N–H and O–H groups in total. The maximum atomic E-state index is 8.03. The molecule has 0 spiro atoms. The average Bonchev–Trinajstić information content (AvgIpc) is 2.13. The van der Waals surface area contributed by atoms with E-state index in [1.54, 1.807) is 0 Å². The Morgan fingerprint density at radius 3 is 3.15 bits per heavy atom. The van der Waals surface area contributed by atoms with Crippen LogP contribution in [0.2, 0.25) is 0 Å². The Morgan fingerprint density at radius 2 is 2.54 bits per heavy atom.